The van der Waals surface area contributed by atoms with Crippen LogP contribution in [0.2, 0.25) is 0 Å². The number of nitrogens with zero attached hydrogens (tertiary/aromatic N) is 16. The normalized spacial score (nSPS) is 17.9. The van der Waals surface area contributed by atoms with Crippen LogP contribution in [-0.2, 0) is 14.4 Å². The maximum absolute atomic E-state index is 17.4. The van der Waals surface area contributed by atoms with E-state index in [9.17, 15) is 57.3 Å². The predicted octanol–water partition coefficient (Wildman–Crippen LogP) is 17.0. The van der Waals surface area contributed by atoms with E-state index in [1.165, 1.54) is 23.1 Å². The van der Waals surface area contributed by atoms with E-state index in [0.717, 1.165) is 43.7 Å². The molecule has 6 atom stereocenters. The summed E-state index contributed by atoms with van der Waals surface area (Å²) < 4.78 is 195. The van der Waals surface area contributed by atoms with E-state index in [1.54, 1.807) is 89.1 Å². The van der Waals surface area contributed by atoms with Gasteiger partial charge in [0.05, 0.1) is 124 Å². The molecule has 3 fully saturated rings. The first kappa shape index (κ1) is 96.8. The summed E-state index contributed by atoms with van der Waals surface area (Å²) >= 11 is 0.980. The molecule has 0 radical (unpaired) electrons. The molecule has 0 bridgehead atoms. The Kier molecular flexibility index (Phi) is 26.2. The first-order chi connectivity index (χ1) is 65.5. The van der Waals surface area contributed by atoms with Crippen LogP contribution in [0.1, 0.15) is 127 Å². The number of hydrogen-bond acceptors (Lipinski definition) is 21. The smallest absolute Gasteiger partial charge is 0.354 e. The Hall–Kier alpha value is -14.3. The molecule has 3 amide bonds. The molecule has 4 N–H and O–H groups in total. The van der Waals surface area contributed by atoms with E-state index < -0.39 is 190 Å². The Morgan fingerprint density at radius 3 is 1.14 bits per heavy atom. The minimum Gasteiger partial charge on any atom is -0.507 e. The van der Waals surface area contributed by atoms with Crippen LogP contribution in [0, 0.1) is 90.6 Å². The summed E-state index contributed by atoms with van der Waals surface area (Å²) in [5.41, 5.74) is -7.11. The van der Waals surface area contributed by atoms with Crippen molar-refractivity contribution in [2.24, 2.45) is 0 Å². The number of piperazine rings is 3. The van der Waals surface area contributed by atoms with E-state index in [2.05, 4.69) is 55.0 Å². The molecule has 6 aliphatic rings. The van der Waals surface area contributed by atoms with Crippen molar-refractivity contribution in [3.63, 3.8) is 0 Å². The number of anilines is 5. The molecular formula is C99H95F12N17O9S. The molecule has 6 aliphatic heterocycles. The lowest BCUT2D eigenvalue weighted by Crippen LogP contribution is -2.60. The van der Waals surface area contributed by atoms with E-state index in [4.69, 9.17) is 0 Å². The minimum absolute atomic E-state index is 0.00747. The van der Waals surface area contributed by atoms with E-state index >= 15 is 39.5 Å². The molecule has 18 rings (SSSR count). The van der Waals surface area contributed by atoms with Gasteiger partial charge in [0.2, 0.25) is 17.7 Å². The Morgan fingerprint density at radius 2 is 0.754 bits per heavy atom. The van der Waals surface area contributed by atoms with Crippen molar-refractivity contribution in [2.45, 2.75) is 155 Å². The Balaban J connectivity index is 0.000000150. The molecule has 138 heavy (non-hydrogen) atoms. The van der Waals surface area contributed by atoms with Crippen molar-refractivity contribution >= 4 is 91.0 Å². The Morgan fingerprint density at radius 1 is 0.420 bits per heavy atom. The van der Waals surface area contributed by atoms with E-state index in [-0.39, 0.29) is 161 Å². The topological polar surface area (TPSA) is 290 Å². The largest absolute Gasteiger partial charge is 0.507 e. The molecule has 0 spiro atoms. The highest BCUT2D eigenvalue weighted by molar-refractivity contribution is 7.99. The highest BCUT2D eigenvalue weighted by atomic mass is 32.2. The maximum Gasteiger partial charge on any atom is 0.354 e. The van der Waals surface area contributed by atoms with Gasteiger partial charge < -0.3 is 54.9 Å². The number of hydrogen-bond donors (Lipinski definition) is 4. The number of pyridine rings is 3. The van der Waals surface area contributed by atoms with Crippen molar-refractivity contribution in [1.29, 1.82) is 0 Å². The molecule has 0 saturated carbocycles. The number of aryl methyl sites for hydroxylation is 3. The number of phenolic OH excluding ortho intramolecular Hbond substituents is 3. The molecular weight excluding hydrogens is 1830 g/mol. The van der Waals surface area contributed by atoms with Gasteiger partial charge in [-0.3, -0.25) is 43.0 Å². The van der Waals surface area contributed by atoms with Gasteiger partial charge in [-0.25, -0.2) is 67.1 Å². The standard InChI is InChI=1S/C34H34F4N6O3.C33H32F4N6O3.C32H29F4N5O3S/c1-7-22(46)42-14-18(5)43-19(15-42)11-13-41(6)31-25-32(28(38)24(27(31)37)23-21(45)9-8-20(35)26(23)36)44(34(47)40-33(25)43)30-17(4)10-12-39-29(30)16(2)3;1-6-21(45)41-13-17(5)42-18(14-41)10-12-39-29-24-31(27(37)23(26(29)36)22-20(44)8-7-19(34)25(22)35)43(33(46)40-32(24)42)30-16(4)9-11-38-28(30)15(2)3;1-6-20(43)39-11-16(5)40-17(12-39)13-45-30-23-29(25(35)22(26(30)36)21-19(42)8-7-18(33)24(21)34)41(32(44)38-31(23)40)28-15(4)9-10-37-27(28)14(2)3/h7-10,12,16,18-19,45H,1,11,13-15H2,2-6H3;6-9,11,15,17-18,39,44H,1,10,12-14H2,2-5H3;6-10,14,16-17,42H,1,11-13H2,2-5H3. The number of amides is 3. The van der Waals surface area contributed by atoms with Gasteiger partial charge in [-0.2, -0.15) is 15.0 Å². The number of nitrogens with one attached hydrogen (secondary N) is 1. The van der Waals surface area contributed by atoms with Gasteiger partial charge in [0.25, 0.3) is 0 Å². The number of halogens is 12. The molecule has 12 heterocycles. The lowest BCUT2D eigenvalue weighted by Gasteiger charge is -2.48. The number of aromatic hydroxyl groups is 3. The van der Waals surface area contributed by atoms with Crippen LogP contribution in [0.25, 0.3) is 83.2 Å². The summed E-state index contributed by atoms with van der Waals surface area (Å²) in [7, 11) is 1.56. The van der Waals surface area contributed by atoms with Crippen LogP contribution in [0.5, 0.6) is 17.2 Å². The third-order valence-corrected chi connectivity index (χ3v) is 27.4. The van der Waals surface area contributed by atoms with Gasteiger partial charge in [0.1, 0.15) is 51.6 Å². The van der Waals surface area contributed by atoms with Crippen LogP contribution < -0.4 is 42.0 Å². The molecule has 39 heteroatoms. The van der Waals surface area contributed by atoms with Crippen LogP contribution in [0.3, 0.4) is 0 Å². The number of carbonyl (C=O) groups excluding carboxylic acids is 3. The summed E-state index contributed by atoms with van der Waals surface area (Å²) in [5.74, 6) is -21.3. The van der Waals surface area contributed by atoms with E-state index in [1.807, 2.05) is 67.2 Å². The van der Waals surface area contributed by atoms with Crippen LogP contribution in [0.4, 0.5) is 81.5 Å². The molecule has 0 aliphatic carbocycles. The maximum atomic E-state index is 17.4. The van der Waals surface area contributed by atoms with Crippen molar-refractivity contribution in [3.8, 4) is 67.7 Å². The van der Waals surface area contributed by atoms with Crippen molar-refractivity contribution in [2.75, 3.05) is 90.1 Å². The Bertz CT molecular complexity index is 7360. The summed E-state index contributed by atoms with van der Waals surface area (Å²) in [5, 5.41) is 34.7. The fourth-order valence-corrected chi connectivity index (χ4v) is 21.2. The number of aromatic nitrogens is 9. The zero-order valence-electron chi connectivity index (χ0n) is 77.1. The highest BCUT2D eigenvalue weighted by Gasteiger charge is 2.47. The number of phenols is 3. The van der Waals surface area contributed by atoms with Crippen LogP contribution in [-0.4, -0.2) is 193 Å². The van der Waals surface area contributed by atoms with Gasteiger partial charge in [-0.05, 0) is 162 Å². The second-order valence-electron chi connectivity index (χ2n) is 36.0. The number of thioether (sulfide) groups is 1. The highest BCUT2D eigenvalue weighted by Crippen LogP contribution is 2.54. The van der Waals surface area contributed by atoms with Crippen molar-refractivity contribution < 1.29 is 82.4 Å². The molecule has 6 unspecified atom stereocenters. The summed E-state index contributed by atoms with van der Waals surface area (Å²) in [4.78, 5) is 119. The van der Waals surface area contributed by atoms with Gasteiger partial charge >= 0.3 is 17.1 Å². The first-order valence-corrected chi connectivity index (χ1v) is 45.5. The fraction of sp³-hybridized carbons (Fsp3) is 0.333. The van der Waals surface area contributed by atoms with Crippen molar-refractivity contribution in [3.05, 3.63) is 246 Å². The second-order valence-corrected chi connectivity index (χ2v) is 37.0. The average molecular weight is 1930 g/mol. The fourth-order valence-electron chi connectivity index (χ4n) is 20.0. The number of carbonyl (C=O) groups is 3. The van der Waals surface area contributed by atoms with Crippen LogP contribution >= 0.6 is 11.8 Å². The lowest BCUT2D eigenvalue weighted by molar-refractivity contribution is -0.128. The third kappa shape index (κ3) is 16.0. The molecule has 12 aromatic rings. The zero-order chi connectivity index (χ0) is 99.7. The molecule has 6 aromatic carbocycles. The molecule has 720 valence electrons. The van der Waals surface area contributed by atoms with Crippen LogP contribution in [0.15, 0.2) is 130 Å². The van der Waals surface area contributed by atoms with Gasteiger partial charge in [-0.1, -0.05) is 61.3 Å². The predicted molar refractivity (Wildman–Crippen MR) is 502 cm³/mol. The van der Waals surface area contributed by atoms with Gasteiger partial charge in [0, 0.05) is 102 Å². The number of rotatable bonds is 12. The SMILES string of the molecule is C=CC(=O)N1CC(C)N2c3nc(=O)n(-c4c(C)ccnc4C(C)C)c4c(F)c(-c5c(O)ccc(F)c5F)c(F)c(c34)N(C)CCC2C1.C=CC(=O)N1CC(C)N2c3nc(=O)n(-c4c(C)ccnc4C(C)C)c4c(F)c(-c5c(O)ccc(F)c5F)c(F)c(c34)NCCC2C1.C=CC(=O)N1CC(C)N2c3nc(=O)n(-c4c(C)ccnc4C(C)C)c4c(F)c(-c5c(O)ccc(F)c5F)c(F)c(c34)SCC2C1. The quantitative estimate of drug-likeness (QED) is 0.0653. The molecule has 26 nitrogen and oxygen atoms in total. The monoisotopic (exact) mass is 1930 g/mol. The number of benzene rings is 6. The average Bonchev–Trinajstić information content (AvgIpc) is 0.910. The minimum atomic E-state index is -1.66. The van der Waals surface area contributed by atoms with Crippen molar-refractivity contribution in [1.82, 2.24) is 58.3 Å². The van der Waals surface area contributed by atoms with Gasteiger partial charge in [0.15, 0.2) is 64.0 Å². The van der Waals surface area contributed by atoms with Gasteiger partial charge in [-0.15, -0.1) is 11.8 Å². The first-order valence-electron chi connectivity index (χ1n) is 44.5. The second kappa shape index (κ2) is 37.3. The number of fused-ring (bicyclic) bond motifs is 6. The summed E-state index contributed by atoms with van der Waals surface area (Å²) in [6.07, 6.45) is 9.01. The summed E-state index contributed by atoms with van der Waals surface area (Å²) in [6.45, 7) is 34.0. The Labute approximate surface area is 786 Å². The molecule has 3 saturated heterocycles. The lowest BCUT2D eigenvalue weighted by atomic mass is 9.94. The van der Waals surface area contributed by atoms with E-state index in [0.29, 0.717) is 64.8 Å². The zero-order valence-corrected chi connectivity index (χ0v) is 78.0. The summed E-state index contributed by atoms with van der Waals surface area (Å²) in [6, 6.07) is 6.69. The third-order valence-electron chi connectivity index (χ3n) is 26.2. The molecule has 6 aromatic heterocycles.